The molecule has 2 aromatic rings. The molecular formula is C40H45NO11. The lowest BCUT2D eigenvalue weighted by Crippen LogP contribution is -2.64. The number of ether oxygens (including phenoxy) is 6. The Balaban J connectivity index is 1.66. The molecule has 6 rings (SSSR count). The van der Waals surface area contributed by atoms with Gasteiger partial charge in [0.25, 0.3) is 0 Å². The van der Waals surface area contributed by atoms with Crippen molar-refractivity contribution in [3.63, 3.8) is 0 Å². The van der Waals surface area contributed by atoms with E-state index in [1.807, 2.05) is 19.9 Å². The fraction of sp³-hybridized carbons (Fsp3) is 0.500. The van der Waals surface area contributed by atoms with E-state index in [1.165, 1.54) is 26.2 Å². The second-order valence-electron chi connectivity index (χ2n) is 14.6. The Labute approximate surface area is 302 Å². The Kier molecular flexibility index (Phi) is 9.91. The summed E-state index contributed by atoms with van der Waals surface area (Å²) in [6.07, 6.45) is 1.93. The highest BCUT2D eigenvalue weighted by molar-refractivity contribution is 5.90. The van der Waals surface area contributed by atoms with Crippen molar-refractivity contribution in [2.45, 2.75) is 90.0 Å². The predicted octanol–water partition coefficient (Wildman–Crippen LogP) is 5.21. The van der Waals surface area contributed by atoms with Crippen LogP contribution in [-0.4, -0.2) is 77.1 Å². The van der Waals surface area contributed by atoms with Gasteiger partial charge in [0.05, 0.1) is 29.1 Å². The van der Waals surface area contributed by atoms with Crippen molar-refractivity contribution in [1.82, 2.24) is 4.98 Å². The van der Waals surface area contributed by atoms with Crippen molar-refractivity contribution in [3.05, 3.63) is 90.3 Å². The Hall–Kier alpha value is -4.84. The number of hydrogen-bond acceptors (Lipinski definition) is 12. The molecule has 4 aliphatic rings. The third kappa shape index (κ3) is 6.00. The van der Waals surface area contributed by atoms with E-state index in [0.717, 1.165) is 0 Å². The Bertz CT molecular complexity index is 1780. The number of fused-ring (bicyclic) bond motifs is 1. The SMILES string of the molecule is C=C(C)[C@H]1C=C[C@@H](OC(=O)c2cccnc2)[C@@]23CO[C@@](C)([C@H](OC(=O)c4ccccc4)[C@@]4(OC(C)=O)C[C@H](C)[C@H](OC(=O)CC)[C@@H]4[C@H]2OC(C)=O)[C@H]13. The average molecular weight is 716 g/mol. The summed E-state index contributed by atoms with van der Waals surface area (Å²) < 4.78 is 38.8. The molecule has 0 unspecified atom stereocenters. The lowest BCUT2D eigenvalue weighted by atomic mass is 9.55. The van der Waals surface area contributed by atoms with Gasteiger partial charge in [0.1, 0.15) is 23.9 Å². The molecule has 52 heavy (non-hydrogen) atoms. The van der Waals surface area contributed by atoms with Gasteiger partial charge in [-0.2, -0.15) is 0 Å². The first-order valence-corrected chi connectivity index (χ1v) is 17.6. The number of carbonyl (C=O) groups excluding carboxylic acids is 5. The molecule has 12 heteroatoms. The number of hydrogen-bond donors (Lipinski definition) is 0. The van der Waals surface area contributed by atoms with E-state index < -0.39 is 94.6 Å². The highest BCUT2D eigenvalue weighted by Gasteiger charge is 2.82. The number of rotatable bonds is 9. The van der Waals surface area contributed by atoms with Crippen LogP contribution in [0.2, 0.25) is 0 Å². The van der Waals surface area contributed by atoms with Gasteiger partial charge >= 0.3 is 29.8 Å². The summed E-state index contributed by atoms with van der Waals surface area (Å²) in [6, 6.07) is 11.6. The minimum Gasteiger partial charge on any atom is -0.461 e. The topological polar surface area (TPSA) is 154 Å². The summed E-state index contributed by atoms with van der Waals surface area (Å²) in [5, 5.41) is 0. The molecule has 1 aromatic heterocycles. The fourth-order valence-corrected chi connectivity index (χ4v) is 9.48. The van der Waals surface area contributed by atoms with Crippen LogP contribution in [0.15, 0.2) is 79.2 Å². The summed E-state index contributed by atoms with van der Waals surface area (Å²) in [4.78, 5) is 71.8. The molecule has 11 atom stereocenters. The molecule has 3 fully saturated rings. The van der Waals surface area contributed by atoms with Gasteiger partial charge in [-0.05, 0) is 56.5 Å². The Morgan fingerprint density at radius 3 is 2.21 bits per heavy atom. The highest BCUT2D eigenvalue weighted by atomic mass is 16.6. The highest BCUT2D eigenvalue weighted by Crippen LogP contribution is 2.68. The molecule has 2 bridgehead atoms. The van der Waals surface area contributed by atoms with Gasteiger partial charge in [-0.25, -0.2) is 9.59 Å². The molecule has 1 aliphatic heterocycles. The zero-order valence-corrected chi connectivity index (χ0v) is 30.2. The van der Waals surface area contributed by atoms with Crippen molar-refractivity contribution in [2.24, 2.45) is 29.1 Å². The number of allylic oxidation sites excluding steroid dienone is 2. The van der Waals surface area contributed by atoms with E-state index in [1.54, 1.807) is 62.4 Å². The standard InChI is InChI=1S/C40H45NO11/c1-8-30(44)50-32-23(4)19-40(52-25(6)43)31(32)34(48-24(5)42)39-21-47-38(7,37(40)51-35(45)26-13-10-9-11-14-26)33(39)28(22(2)3)16-17-29(39)49-36(46)27-15-12-18-41-20-27/h9-18,20,23,28-29,31-34,37H,2,8,19,21H2,1,3-7H3/t23-,28+,29+,31+,32-,33-,34+,37-,38+,39+,40+/m0/s1. The van der Waals surface area contributed by atoms with Gasteiger partial charge in [0.15, 0.2) is 11.7 Å². The molecule has 12 nitrogen and oxygen atoms in total. The fourth-order valence-electron chi connectivity index (χ4n) is 9.48. The maximum Gasteiger partial charge on any atom is 0.340 e. The maximum atomic E-state index is 14.2. The summed E-state index contributed by atoms with van der Waals surface area (Å²) in [6.45, 7) is 13.8. The number of esters is 5. The van der Waals surface area contributed by atoms with Crippen molar-refractivity contribution in [2.75, 3.05) is 6.61 Å². The van der Waals surface area contributed by atoms with Crippen LogP contribution in [-0.2, 0) is 42.8 Å². The molecule has 2 heterocycles. The molecule has 1 saturated heterocycles. The Morgan fingerprint density at radius 1 is 0.904 bits per heavy atom. The second kappa shape index (κ2) is 13.9. The van der Waals surface area contributed by atoms with E-state index in [2.05, 4.69) is 11.6 Å². The van der Waals surface area contributed by atoms with E-state index >= 15 is 0 Å². The van der Waals surface area contributed by atoms with Crippen LogP contribution in [0.1, 0.15) is 75.1 Å². The first kappa shape index (κ1) is 36.9. The van der Waals surface area contributed by atoms with Gasteiger partial charge < -0.3 is 28.4 Å². The number of pyridine rings is 1. The van der Waals surface area contributed by atoms with Gasteiger partial charge in [0, 0.05) is 44.5 Å². The lowest BCUT2D eigenvalue weighted by Gasteiger charge is -2.51. The third-order valence-electron chi connectivity index (χ3n) is 11.3. The van der Waals surface area contributed by atoms with E-state index in [-0.39, 0.29) is 30.6 Å². The molecule has 0 radical (unpaired) electrons. The largest absolute Gasteiger partial charge is 0.461 e. The lowest BCUT2D eigenvalue weighted by molar-refractivity contribution is -0.238. The smallest absolute Gasteiger partial charge is 0.340 e. The Morgan fingerprint density at radius 2 is 1.60 bits per heavy atom. The van der Waals surface area contributed by atoms with Gasteiger partial charge in [-0.3, -0.25) is 19.4 Å². The van der Waals surface area contributed by atoms with Crippen LogP contribution in [0.5, 0.6) is 0 Å². The molecule has 276 valence electrons. The van der Waals surface area contributed by atoms with E-state index in [9.17, 15) is 24.0 Å². The third-order valence-corrected chi connectivity index (χ3v) is 11.3. The second-order valence-corrected chi connectivity index (χ2v) is 14.6. The first-order chi connectivity index (χ1) is 24.7. The molecule has 0 spiro atoms. The van der Waals surface area contributed by atoms with Crippen LogP contribution in [0, 0.1) is 29.1 Å². The van der Waals surface area contributed by atoms with Crippen LogP contribution in [0.25, 0.3) is 0 Å². The molecule has 0 amide bonds. The van der Waals surface area contributed by atoms with Gasteiger partial charge in [0.2, 0.25) is 0 Å². The van der Waals surface area contributed by atoms with Crippen LogP contribution >= 0.6 is 0 Å². The van der Waals surface area contributed by atoms with Crippen molar-refractivity contribution in [3.8, 4) is 0 Å². The zero-order chi connectivity index (χ0) is 37.6. The van der Waals surface area contributed by atoms with Crippen LogP contribution < -0.4 is 0 Å². The summed E-state index contributed by atoms with van der Waals surface area (Å²) in [5.41, 5.74) is -3.49. The molecule has 2 saturated carbocycles. The van der Waals surface area contributed by atoms with Crippen molar-refractivity contribution < 1.29 is 52.4 Å². The monoisotopic (exact) mass is 715 g/mol. The zero-order valence-electron chi connectivity index (χ0n) is 30.2. The first-order valence-electron chi connectivity index (χ1n) is 17.6. The van der Waals surface area contributed by atoms with Crippen LogP contribution in [0.3, 0.4) is 0 Å². The van der Waals surface area contributed by atoms with Crippen LogP contribution in [0.4, 0.5) is 0 Å². The molecule has 3 aliphatic carbocycles. The number of nitrogens with zero attached hydrogens (tertiary/aromatic N) is 1. The van der Waals surface area contributed by atoms with Crippen molar-refractivity contribution in [1.29, 1.82) is 0 Å². The normalized spacial score (nSPS) is 35.6. The molecular weight excluding hydrogens is 670 g/mol. The number of aromatic nitrogens is 1. The van der Waals surface area contributed by atoms with Gasteiger partial charge in [-0.15, -0.1) is 0 Å². The summed E-state index contributed by atoms with van der Waals surface area (Å²) in [7, 11) is 0. The van der Waals surface area contributed by atoms with E-state index in [4.69, 9.17) is 28.4 Å². The minimum atomic E-state index is -1.76. The number of carbonyl (C=O) groups is 5. The quantitative estimate of drug-likeness (QED) is 0.190. The van der Waals surface area contributed by atoms with Gasteiger partial charge in [-0.1, -0.05) is 50.3 Å². The predicted molar refractivity (Wildman–Crippen MR) is 184 cm³/mol. The minimum absolute atomic E-state index is 0.0432. The van der Waals surface area contributed by atoms with E-state index in [0.29, 0.717) is 5.57 Å². The average Bonchev–Trinajstić information content (AvgIpc) is 3.56. The number of benzene rings is 1. The van der Waals surface area contributed by atoms with Crippen molar-refractivity contribution >= 4 is 29.8 Å². The molecule has 0 N–H and O–H groups in total. The summed E-state index contributed by atoms with van der Waals surface area (Å²) in [5.74, 6) is -6.12. The molecule has 1 aromatic carbocycles. The maximum absolute atomic E-state index is 14.2. The summed E-state index contributed by atoms with van der Waals surface area (Å²) >= 11 is 0.